The first-order valence-electron chi connectivity index (χ1n) is 7.38. The van der Waals surface area contributed by atoms with E-state index < -0.39 is 0 Å². The lowest BCUT2D eigenvalue weighted by Crippen LogP contribution is -2.33. The zero-order valence-electron chi connectivity index (χ0n) is 12.8. The predicted octanol–water partition coefficient (Wildman–Crippen LogP) is 1.58. The molecule has 0 bridgehead atoms. The molecule has 1 N–H and O–H groups in total. The lowest BCUT2D eigenvalue weighted by molar-refractivity contribution is -0.122. The quantitative estimate of drug-likeness (QED) is 0.791. The van der Waals surface area contributed by atoms with Gasteiger partial charge in [-0.25, -0.2) is 4.68 Å². The topological polar surface area (TPSA) is 87.8 Å². The summed E-state index contributed by atoms with van der Waals surface area (Å²) in [6.45, 7) is 0.137. The van der Waals surface area contributed by atoms with Gasteiger partial charge in [-0.2, -0.15) is 10.4 Å². The van der Waals surface area contributed by atoms with E-state index in [9.17, 15) is 9.59 Å². The zero-order valence-corrected chi connectivity index (χ0v) is 12.8. The Balaban J connectivity index is 1.70. The van der Waals surface area contributed by atoms with Crippen molar-refractivity contribution >= 4 is 16.7 Å². The average molecular weight is 318 g/mol. The molecule has 3 aromatic rings. The van der Waals surface area contributed by atoms with Crippen LogP contribution < -0.4 is 10.9 Å². The molecule has 6 nitrogen and oxygen atoms in total. The number of fused-ring (bicyclic) bond motifs is 1. The zero-order chi connectivity index (χ0) is 16.9. The van der Waals surface area contributed by atoms with Crippen LogP contribution in [0.1, 0.15) is 11.1 Å². The van der Waals surface area contributed by atoms with E-state index in [1.54, 1.807) is 42.6 Å². The summed E-state index contributed by atoms with van der Waals surface area (Å²) >= 11 is 0. The molecule has 0 unspecified atom stereocenters. The number of benzene rings is 2. The third-order valence-electron chi connectivity index (χ3n) is 3.60. The summed E-state index contributed by atoms with van der Waals surface area (Å²) in [6, 6.07) is 16.2. The van der Waals surface area contributed by atoms with Gasteiger partial charge < -0.3 is 5.32 Å². The molecule has 6 heteroatoms. The molecule has 0 saturated carbocycles. The maximum atomic E-state index is 12.3. The molecule has 1 amide bonds. The van der Waals surface area contributed by atoms with Crippen molar-refractivity contribution in [1.29, 1.82) is 5.26 Å². The van der Waals surface area contributed by atoms with Crippen molar-refractivity contribution in [2.45, 2.75) is 13.1 Å². The van der Waals surface area contributed by atoms with Gasteiger partial charge in [0.25, 0.3) is 5.56 Å². The lowest BCUT2D eigenvalue weighted by Gasteiger charge is -2.08. The monoisotopic (exact) mass is 318 g/mol. The number of carbonyl (C=O) groups is 1. The standard InChI is InChI=1S/C18H14N4O2/c19-9-13-4-3-5-14(8-13)10-20-17(23)12-22-18(24)16-7-2-1-6-15(16)11-21-22/h1-8,11H,10,12H2,(H,20,23). The normalized spacial score (nSPS) is 10.3. The van der Waals surface area contributed by atoms with Gasteiger partial charge >= 0.3 is 0 Å². The van der Waals surface area contributed by atoms with E-state index in [0.29, 0.717) is 10.9 Å². The van der Waals surface area contributed by atoms with Gasteiger partial charge in [0.05, 0.1) is 23.2 Å². The summed E-state index contributed by atoms with van der Waals surface area (Å²) in [6.07, 6.45) is 1.57. The van der Waals surface area contributed by atoms with Crippen molar-refractivity contribution in [2.24, 2.45) is 0 Å². The average Bonchev–Trinajstić information content (AvgIpc) is 2.63. The van der Waals surface area contributed by atoms with Gasteiger partial charge in [0, 0.05) is 11.9 Å². The third-order valence-corrected chi connectivity index (χ3v) is 3.60. The van der Waals surface area contributed by atoms with Crippen molar-refractivity contribution in [3.8, 4) is 6.07 Å². The van der Waals surface area contributed by atoms with Crippen molar-refractivity contribution in [3.05, 3.63) is 76.2 Å². The Bertz CT molecular complexity index is 1000. The van der Waals surface area contributed by atoms with Crippen LogP contribution in [-0.2, 0) is 17.9 Å². The van der Waals surface area contributed by atoms with Crippen molar-refractivity contribution < 1.29 is 4.79 Å². The van der Waals surface area contributed by atoms with Crippen LogP contribution in [0.15, 0.2) is 59.5 Å². The molecule has 1 aromatic heterocycles. The van der Waals surface area contributed by atoms with Crippen LogP contribution >= 0.6 is 0 Å². The number of nitrogens with zero attached hydrogens (tertiary/aromatic N) is 3. The summed E-state index contributed by atoms with van der Waals surface area (Å²) in [4.78, 5) is 24.4. The molecular weight excluding hydrogens is 304 g/mol. The van der Waals surface area contributed by atoms with Gasteiger partial charge in [0.1, 0.15) is 6.54 Å². The van der Waals surface area contributed by atoms with Crippen LogP contribution in [0.5, 0.6) is 0 Å². The minimum absolute atomic E-state index is 0.151. The molecule has 0 atom stereocenters. The number of nitrogens with one attached hydrogen (secondary N) is 1. The van der Waals surface area contributed by atoms with Gasteiger partial charge in [-0.05, 0) is 23.8 Å². The van der Waals surface area contributed by atoms with E-state index in [1.807, 2.05) is 12.1 Å². The minimum atomic E-state index is -0.317. The highest BCUT2D eigenvalue weighted by Gasteiger charge is 2.08. The molecule has 0 aliphatic carbocycles. The highest BCUT2D eigenvalue weighted by Crippen LogP contribution is 2.06. The number of carbonyl (C=O) groups excluding carboxylic acids is 1. The smallest absolute Gasteiger partial charge is 0.275 e. The summed E-state index contributed by atoms with van der Waals surface area (Å²) in [5.41, 5.74) is 1.06. The second-order valence-electron chi connectivity index (χ2n) is 5.28. The molecule has 2 aromatic carbocycles. The molecule has 118 valence electrons. The molecule has 0 aliphatic rings. The summed E-state index contributed by atoms with van der Waals surface area (Å²) in [7, 11) is 0. The Kier molecular flexibility index (Phi) is 4.34. The minimum Gasteiger partial charge on any atom is -0.350 e. The van der Waals surface area contributed by atoms with Crippen LogP contribution in [-0.4, -0.2) is 15.7 Å². The molecule has 24 heavy (non-hydrogen) atoms. The molecule has 0 aliphatic heterocycles. The first kappa shape index (κ1) is 15.4. The van der Waals surface area contributed by atoms with E-state index in [-0.39, 0.29) is 24.6 Å². The van der Waals surface area contributed by atoms with Crippen LogP contribution in [0.25, 0.3) is 10.8 Å². The first-order valence-corrected chi connectivity index (χ1v) is 7.38. The second-order valence-corrected chi connectivity index (χ2v) is 5.28. The Morgan fingerprint density at radius 2 is 2.04 bits per heavy atom. The molecule has 3 rings (SSSR count). The molecule has 0 spiro atoms. The Morgan fingerprint density at radius 1 is 1.21 bits per heavy atom. The van der Waals surface area contributed by atoms with E-state index in [4.69, 9.17) is 5.26 Å². The van der Waals surface area contributed by atoms with E-state index in [0.717, 1.165) is 15.6 Å². The number of rotatable bonds is 4. The summed E-state index contributed by atoms with van der Waals surface area (Å²) in [5.74, 6) is -0.317. The van der Waals surface area contributed by atoms with Gasteiger partial charge in [-0.15, -0.1) is 0 Å². The molecule has 0 saturated heterocycles. The van der Waals surface area contributed by atoms with Crippen molar-refractivity contribution in [3.63, 3.8) is 0 Å². The Hall–Kier alpha value is -3.46. The Labute approximate surface area is 138 Å². The fourth-order valence-corrected chi connectivity index (χ4v) is 2.38. The maximum absolute atomic E-state index is 12.3. The van der Waals surface area contributed by atoms with Gasteiger partial charge in [0.15, 0.2) is 0 Å². The van der Waals surface area contributed by atoms with E-state index in [2.05, 4.69) is 16.5 Å². The molecule has 0 radical (unpaired) electrons. The maximum Gasteiger partial charge on any atom is 0.275 e. The summed E-state index contributed by atoms with van der Waals surface area (Å²) in [5, 5.41) is 16.9. The molecule has 1 heterocycles. The third kappa shape index (κ3) is 3.31. The van der Waals surface area contributed by atoms with E-state index in [1.165, 1.54) is 0 Å². The predicted molar refractivity (Wildman–Crippen MR) is 89.0 cm³/mol. The summed E-state index contributed by atoms with van der Waals surface area (Å²) < 4.78 is 1.14. The highest BCUT2D eigenvalue weighted by molar-refractivity contribution is 5.81. The fraction of sp³-hybridized carbons (Fsp3) is 0.111. The van der Waals surface area contributed by atoms with E-state index >= 15 is 0 Å². The van der Waals surface area contributed by atoms with Gasteiger partial charge in [-0.3, -0.25) is 9.59 Å². The van der Waals surface area contributed by atoms with Crippen LogP contribution in [0.2, 0.25) is 0 Å². The van der Waals surface area contributed by atoms with Crippen LogP contribution in [0.4, 0.5) is 0 Å². The largest absolute Gasteiger partial charge is 0.350 e. The van der Waals surface area contributed by atoms with Gasteiger partial charge in [0.2, 0.25) is 5.91 Å². The SMILES string of the molecule is N#Cc1cccc(CNC(=O)Cn2ncc3ccccc3c2=O)c1. The number of hydrogen-bond acceptors (Lipinski definition) is 4. The van der Waals surface area contributed by atoms with Gasteiger partial charge in [-0.1, -0.05) is 30.3 Å². The van der Waals surface area contributed by atoms with Crippen molar-refractivity contribution in [1.82, 2.24) is 15.1 Å². The first-order chi connectivity index (χ1) is 11.7. The fourth-order valence-electron chi connectivity index (χ4n) is 2.38. The molecular formula is C18H14N4O2. The number of amides is 1. The number of aromatic nitrogens is 2. The lowest BCUT2D eigenvalue weighted by atomic mass is 10.1. The number of hydrogen-bond donors (Lipinski definition) is 1. The van der Waals surface area contributed by atoms with Crippen LogP contribution in [0, 0.1) is 11.3 Å². The number of nitriles is 1. The van der Waals surface area contributed by atoms with Crippen LogP contribution in [0.3, 0.4) is 0 Å². The highest BCUT2D eigenvalue weighted by atomic mass is 16.2. The molecule has 0 fully saturated rings. The Morgan fingerprint density at radius 3 is 2.88 bits per heavy atom. The van der Waals surface area contributed by atoms with Crippen molar-refractivity contribution in [2.75, 3.05) is 0 Å². The second kappa shape index (κ2) is 6.75.